The number of likely N-dealkylation sites (N-methyl/N-ethyl adjacent to an activating group) is 1. The molecule has 0 saturated heterocycles. The fourth-order valence-electron chi connectivity index (χ4n) is 5.80. The first kappa shape index (κ1) is 53.0. The summed E-state index contributed by atoms with van der Waals surface area (Å²) in [4.78, 5) is 33.5. The van der Waals surface area contributed by atoms with Gasteiger partial charge in [0, 0.05) is 38.2 Å². The number of hydrogen-bond donors (Lipinski definition) is 2. The molecular weight excluding hydrogens is 825 g/mol. The van der Waals surface area contributed by atoms with Crippen LogP contribution in [-0.4, -0.2) is 185 Å². The number of aliphatic imine (C=N–C) groups is 1. The highest BCUT2D eigenvalue weighted by Crippen LogP contribution is 2.31. The number of amidine groups is 1. The number of rotatable bonds is 40. The molecule has 1 aromatic carbocycles. The van der Waals surface area contributed by atoms with Crippen LogP contribution in [-0.2, 0) is 70.0 Å². The Bertz CT molecular complexity index is 1530. The van der Waals surface area contributed by atoms with Crippen LogP contribution >= 0.6 is 11.3 Å². The van der Waals surface area contributed by atoms with Gasteiger partial charge < -0.3 is 63.1 Å². The number of aliphatic carboxylic acids is 1. The zero-order chi connectivity index (χ0) is 44.3. The lowest BCUT2D eigenvalue weighted by Crippen LogP contribution is -2.33. The highest BCUT2D eigenvalue weighted by molar-refractivity contribution is 7.11. The lowest BCUT2D eigenvalue weighted by Gasteiger charge is -2.24. The lowest BCUT2D eigenvalue weighted by atomic mass is 10.1. The molecule has 17 nitrogen and oxygen atoms in total. The maximum atomic E-state index is 13.6. The standard InChI is InChI=1S/C44H70N4O13S/c1-3-10-48(44(51)39-33-41-40(9-32-62-41)46-42(45)34-39)36-38-6-4-37(5-7-38)35-47(2)11-13-53-15-17-55-19-21-57-23-25-59-27-29-61-31-30-60-28-26-58-24-22-56-20-18-54-16-14-52-12-8-43(49)50/h4-7,9,32-33H,3,8,10-31,34-36H2,1-2H3,(H2,45,46)(H,49,50). The molecule has 1 amide bonds. The van der Waals surface area contributed by atoms with Gasteiger partial charge in [-0.25, -0.2) is 4.99 Å². The molecule has 0 saturated carbocycles. The van der Waals surface area contributed by atoms with Crippen LogP contribution in [0, 0.1) is 0 Å². The molecule has 3 N–H and O–H groups in total. The van der Waals surface area contributed by atoms with E-state index < -0.39 is 5.97 Å². The Balaban J connectivity index is 1.04. The summed E-state index contributed by atoms with van der Waals surface area (Å²) in [5.74, 6) is -0.411. The first-order chi connectivity index (χ1) is 30.4. The van der Waals surface area contributed by atoms with Crippen LogP contribution < -0.4 is 5.73 Å². The van der Waals surface area contributed by atoms with Crippen LogP contribution in [0.15, 0.2) is 46.3 Å². The van der Waals surface area contributed by atoms with Gasteiger partial charge in [0.15, 0.2) is 0 Å². The second-order valence-electron chi connectivity index (χ2n) is 14.2. The maximum Gasteiger partial charge on any atom is 0.305 e. The molecule has 0 unspecified atom stereocenters. The van der Waals surface area contributed by atoms with Gasteiger partial charge in [0.2, 0.25) is 0 Å². The number of ether oxygens (including phenoxy) is 10. The third kappa shape index (κ3) is 25.7. The van der Waals surface area contributed by atoms with Gasteiger partial charge in [0.25, 0.3) is 5.91 Å². The first-order valence-electron chi connectivity index (χ1n) is 21.5. The highest BCUT2D eigenvalue weighted by Gasteiger charge is 2.22. The summed E-state index contributed by atoms with van der Waals surface area (Å²) in [6.45, 7) is 14.1. The third-order valence-electron chi connectivity index (χ3n) is 8.94. The summed E-state index contributed by atoms with van der Waals surface area (Å²) in [6.07, 6.45) is 3.15. The number of benzene rings is 1. The van der Waals surface area contributed by atoms with Gasteiger partial charge in [-0.3, -0.25) is 14.5 Å². The molecular formula is C44H70N4O13S. The normalized spacial score (nSPS) is 12.6. The number of carbonyl (C=O) groups is 2. The topological polar surface area (TPSA) is 192 Å². The van der Waals surface area contributed by atoms with Crippen LogP contribution in [0.4, 0.5) is 5.69 Å². The smallest absolute Gasteiger partial charge is 0.305 e. The number of nitrogens with zero attached hydrogens (tertiary/aromatic N) is 3. The van der Waals surface area contributed by atoms with E-state index in [2.05, 4.69) is 48.1 Å². The van der Waals surface area contributed by atoms with Gasteiger partial charge in [0.1, 0.15) is 5.84 Å². The summed E-state index contributed by atoms with van der Waals surface area (Å²) in [5.41, 5.74) is 9.94. The number of carbonyl (C=O) groups excluding carboxylic acids is 1. The van der Waals surface area contributed by atoms with Crippen LogP contribution in [0.2, 0.25) is 0 Å². The molecule has 3 rings (SSSR count). The van der Waals surface area contributed by atoms with Gasteiger partial charge in [-0.05, 0) is 42.1 Å². The van der Waals surface area contributed by atoms with Crippen molar-refractivity contribution in [3.63, 3.8) is 0 Å². The van der Waals surface area contributed by atoms with Crippen molar-refractivity contribution < 1.29 is 62.1 Å². The van der Waals surface area contributed by atoms with E-state index >= 15 is 0 Å². The minimum absolute atomic E-state index is 0.00539. The second kappa shape index (κ2) is 35.0. The third-order valence-corrected chi connectivity index (χ3v) is 9.80. The zero-order valence-corrected chi connectivity index (χ0v) is 37.6. The lowest BCUT2D eigenvalue weighted by molar-refractivity contribution is -0.138. The predicted molar refractivity (Wildman–Crippen MR) is 237 cm³/mol. The summed E-state index contributed by atoms with van der Waals surface area (Å²) in [5, 5.41) is 10.5. The summed E-state index contributed by atoms with van der Waals surface area (Å²) >= 11 is 1.57. The van der Waals surface area contributed by atoms with E-state index in [9.17, 15) is 9.59 Å². The van der Waals surface area contributed by atoms with E-state index in [0.29, 0.717) is 156 Å². The molecule has 0 aliphatic carbocycles. The van der Waals surface area contributed by atoms with Crippen molar-refractivity contribution in [2.75, 3.05) is 152 Å². The molecule has 0 fully saturated rings. The van der Waals surface area contributed by atoms with Crippen LogP contribution in [0.5, 0.6) is 0 Å². The van der Waals surface area contributed by atoms with E-state index in [0.717, 1.165) is 35.6 Å². The monoisotopic (exact) mass is 894 g/mol. The number of hydrogen-bond acceptors (Lipinski definition) is 16. The Morgan fingerprint density at radius 2 is 1.05 bits per heavy atom. The number of nitrogens with two attached hydrogens (primary N) is 1. The molecule has 0 bridgehead atoms. The fourth-order valence-corrected chi connectivity index (χ4v) is 6.59. The zero-order valence-electron chi connectivity index (χ0n) is 36.8. The molecule has 350 valence electrons. The van der Waals surface area contributed by atoms with Gasteiger partial charge in [-0.15, -0.1) is 11.3 Å². The minimum atomic E-state index is -0.877. The molecule has 0 radical (unpaired) electrons. The average molecular weight is 895 g/mol. The van der Waals surface area contributed by atoms with Gasteiger partial charge in [-0.2, -0.15) is 0 Å². The molecule has 1 aliphatic heterocycles. The second-order valence-corrected chi connectivity index (χ2v) is 15.1. The Kier molecular flexibility index (Phi) is 29.9. The average Bonchev–Trinajstić information content (AvgIpc) is 3.62. The van der Waals surface area contributed by atoms with E-state index in [1.165, 1.54) is 5.56 Å². The predicted octanol–water partition coefficient (Wildman–Crippen LogP) is 4.04. The van der Waals surface area contributed by atoms with Crippen molar-refractivity contribution in [2.24, 2.45) is 10.7 Å². The van der Waals surface area contributed by atoms with Crippen molar-refractivity contribution >= 4 is 40.8 Å². The van der Waals surface area contributed by atoms with Crippen LogP contribution in [0.25, 0.3) is 6.08 Å². The largest absolute Gasteiger partial charge is 0.481 e. The number of amides is 1. The molecule has 2 aromatic rings. The van der Waals surface area contributed by atoms with Crippen LogP contribution in [0.3, 0.4) is 0 Å². The number of carboxylic acids is 1. The summed E-state index contributed by atoms with van der Waals surface area (Å²) in [6, 6.07) is 10.4. The maximum absolute atomic E-state index is 13.6. The summed E-state index contributed by atoms with van der Waals surface area (Å²) < 4.78 is 54.8. The van der Waals surface area contributed by atoms with E-state index in [4.69, 9.17) is 58.2 Å². The Morgan fingerprint density at radius 1 is 0.629 bits per heavy atom. The Morgan fingerprint density at radius 3 is 1.48 bits per heavy atom. The molecule has 62 heavy (non-hydrogen) atoms. The minimum Gasteiger partial charge on any atom is -0.481 e. The first-order valence-corrected chi connectivity index (χ1v) is 22.4. The van der Waals surface area contributed by atoms with Crippen molar-refractivity contribution in [3.05, 3.63) is 57.3 Å². The SMILES string of the molecule is CCCN(Cc1ccc(CN(C)CCOCCOCCOCCOCCOCCOCCOCCOCCOCCOCCC(=O)O)cc1)C(=O)C1=Cc2sccc2N=C(N)C1. The van der Waals surface area contributed by atoms with E-state index in [1.54, 1.807) is 11.3 Å². The number of carboxylic acid groups (broad SMARTS) is 1. The highest BCUT2D eigenvalue weighted by atomic mass is 32.1. The molecule has 0 atom stereocenters. The number of fused-ring (bicyclic) bond motifs is 1. The quantitative estimate of drug-likeness (QED) is 0.0912. The molecule has 18 heteroatoms. The Hall–Kier alpha value is -3.37. The fraction of sp³-hybridized carbons (Fsp3) is 0.659. The molecule has 2 heterocycles. The van der Waals surface area contributed by atoms with Crippen molar-refractivity contribution in [1.82, 2.24) is 9.80 Å². The van der Waals surface area contributed by atoms with Crippen LogP contribution in [0.1, 0.15) is 42.2 Å². The number of thiophene rings is 1. The molecule has 0 spiro atoms. The van der Waals surface area contributed by atoms with Crippen molar-refractivity contribution in [1.29, 1.82) is 0 Å². The molecule has 1 aliphatic rings. The molecule has 1 aromatic heterocycles. The van der Waals surface area contributed by atoms with E-state index in [-0.39, 0.29) is 18.9 Å². The summed E-state index contributed by atoms with van der Waals surface area (Å²) in [7, 11) is 2.07. The van der Waals surface area contributed by atoms with Crippen molar-refractivity contribution in [2.45, 2.75) is 39.3 Å². The van der Waals surface area contributed by atoms with Crippen molar-refractivity contribution in [3.8, 4) is 0 Å². The van der Waals surface area contributed by atoms with Gasteiger partial charge >= 0.3 is 5.97 Å². The van der Waals surface area contributed by atoms with E-state index in [1.807, 2.05) is 22.4 Å². The van der Waals surface area contributed by atoms with Gasteiger partial charge in [0.05, 0.1) is 149 Å². The Labute approximate surface area is 371 Å². The van der Waals surface area contributed by atoms with Gasteiger partial charge in [-0.1, -0.05) is 31.2 Å².